The van der Waals surface area contributed by atoms with Crippen LogP contribution in [0.2, 0.25) is 0 Å². The lowest BCUT2D eigenvalue weighted by Gasteiger charge is -2.34. The first-order chi connectivity index (χ1) is 16.4. The third-order valence-electron chi connectivity index (χ3n) is 6.77. The quantitative estimate of drug-likeness (QED) is 0.599. The topological polar surface area (TPSA) is 95.8 Å². The number of piperazine rings is 1. The number of rotatable bonds is 5. The van der Waals surface area contributed by atoms with E-state index in [0.717, 1.165) is 11.8 Å². The van der Waals surface area contributed by atoms with Gasteiger partial charge in [-0.2, -0.15) is 4.98 Å². The molecule has 5 rings (SSSR count). The van der Waals surface area contributed by atoms with E-state index >= 15 is 0 Å². The second kappa shape index (κ2) is 9.13. The fourth-order valence-corrected chi connectivity index (χ4v) is 4.80. The molecule has 1 fully saturated rings. The van der Waals surface area contributed by atoms with Gasteiger partial charge >= 0.3 is 0 Å². The number of nitrogens with zero attached hydrogens (tertiary/aromatic N) is 5. The van der Waals surface area contributed by atoms with Gasteiger partial charge in [0.15, 0.2) is 0 Å². The minimum absolute atomic E-state index is 0.0710. The molecule has 1 unspecified atom stereocenters. The van der Waals surface area contributed by atoms with E-state index in [0.29, 0.717) is 56.6 Å². The largest absolute Gasteiger partial charge is 0.493 e. The molecular weight excluding hydrogens is 432 g/mol. The Hall–Kier alpha value is -3.33. The van der Waals surface area contributed by atoms with Gasteiger partial charge in [-0.25, -0.2) is 4.98 Å². The van der Waals surface area contributed by atoms with E-state index in [4.69, 9.17) is 14.7 Å². The van der Waals surface area contributed by atoms with Gasteiger partial charge in [0.25, 0.3) is 0 Å². The second-order valence-electron chi connectivity index (χ2n) is 9.27. The molecule has 4 heterocycles. The maximum absolute atomic E-state index is 11.7. The van der Waals surface area contributed by atoms with Crippen LogP contribution in [0.5, 0.6) is 5.88 Å². The van der Waals surface area contributed by atoms with Crippen LogP contribution in [0.1, 0.15) is 44.0 Å². The highest BCUT2D eigenvalue weighted by Gasteiger charge is 2.25. The van der Waals surface area contributed by atoms with Gasteiger partial charge in [-0.3, -0.25) is 4.79 Å². The number of anilines is 2. The van der Waals surface area contributed by atoms with E-state index in [-0.39, 0.29) is 23.9 Å². The molecule has 0 radical (unpaired) electrons. The van der Waals surface area contributed by atoms with Crippen LogP contribution in [0.4, 0.5) is 11.8 Å². The highest BCUT2D eigenvalue weighted by molar-refractivity contribution is 5.94. The van der Waals surface area contributed by atoms with E-state index in [1.54, 1.807) is 6.92 Å². The van der Waals surface area contributed by atoms with Crippen LogP contribution in [-0.2, 0) is 16.0 Å². The molecule has 0 saturated carbocycles. The Morgan fingerprint density at radius 3 is 2.71 bits per heavy atom. The van der Waals surface area contributed by atoms with Crippen LogP contribution >= 0.6 is 0 Å². The van der Waals surface area contributed by atoms with Crippen molar-refractivity contribution in [2.45, 2.75) is 39.3 Å². The molecule has 3 aromatic rings. The molecule has 0 aliphatic carbocycles. The summed E-state index contributed by atoms with van der Waals surface area (Å²) in [7, 11) is 0. The number of ether oxygens (including phenoxy) is 1. The SMILES string of the molecule is CC(=O)N1CCN(c2nc(NCC3OCCc4ccccc43)c3cn(C(C)C)c(O)c3n2)CC1. The van der Waals surface area contributed by atoms with Crippen molar-refractivity contribution < 1.29 is 14.6 Å². The molecule has 2 aliphatic heterocycles. The molecule has 1 amide bonds. The normalized spacial score (nSPS) is 18.4. The fraction of sp³-hybridized carbons (Fsp3) is 0.480. The summed E-state index contributed by atoms with van der Waals surface area (Å²) >= 11 is 0. The molecule has 1 saturated heterocycles. The number of aromatic hydroxyl groups is 1. The number of hydrogen-bond donors (Lipinski definition) is 2. The number of hydrogen-bond acceptors (Lipinski definition) is 7. The molecule has 1 atom stereocenters. The molecular formula is C25H32N6O3. The Morgan fingerprint density at radius 1 is 1.21 bits per heavy atom. The summed E-state index contributed by atoms with van der Waals surface area (Å²) in [4.78, 5) is 25.2. The molecule has 9 nitrogen and oxygen atoms in total. The number of carbonyl (C=O) groups is 1. The maximum atomic E-state index is 11.7. The van der Waals surface area contributed by atoms with Crippen LogP contribution in [-0.4, -0.2) is 69.8 Å². The summed E-state index contributed by atoms with van der Waals surface area (Å²) in [6.45, 7) is 9.45. The number of nitrogens with one attached hydrogen (secondary N) is 1. The van der Waals surface area contributed by atoms with Crippen LogP contribution in [0.15, 0.2) is 30.5 Å². The zero-order valence-electron chi connectivity index (χ0n) is 20.0. The van der Waals surface area contributed by atoms with Crippen molar-refractivity contribution in [2.24, 2.45) is 0 Å². The van der Waals surface area contributed by atoms with Gasteiger partial charge in [-0.15, -0.1) is 0 Å². The number of carbonyl (C=O) groups excluding carboxylic acids is 1. The first-order valence-electron chi connectivity index (χ1n) is 12.0. The fourth-order valence-electron chi connectivity index (χ4n) is 4.80. The number of fused-ring (bicyclic) bond motifs is 2. The Bertz CT molecular complexity index is 1200. The van der Waals surface area contributed by atoms with Crippen molar-refractivity contribution in [1.29, 1.82) is 0 Å². The molecule has 1 aromatic carbocycles. The molecule has 180 valence electrons. The summed E-state index contributed by atoms with van der Waals surface area (Å²) in [5, 5.41) is 15.2. The first-order valence-corrected chi connectivity index (χ1v) is 12.0. The third kappa shape index (κ3) is 4.16. The highest BCUT2D eigenvalue weighted by atomic mass is 16.5. The molecule has 2 N–H and O–H groups in total. The minimum atomic E-state index is -0.0710. The molecule has 34 heavy (non-hydrogen) atoms. The van der Waals surface area contributed by atoms with Crippen LogP contribution < -0.4 is 10.2 Å². The average molecular weight is 465 g/mol. The molecule has 0 spiro atoms. The second-order valence-corrected chi connectivity index (χ2v) is 9.27. The predicted molar refractivity (Wildman–Crippen MR) is 131 cm³/mol. The summed E-state index contributed by atoms with van der Waals surface area (Å²) in [6, 6.07) is 8.48. The lowest BCUT2D eigenvalue weighted by Crippen LogP contribution is -2.48. The van der Waals surface area contributed by atoms with Crippen LogP contribution in [0.25, 0.3) is 10.9 Å². The van der Waals surface area contributed by atoms with Gasteiger partial charge in [0.05, 0.1) is 18.1 Å². The van der Waals surface area contributed by atoms with Crippen LogP contribution in [0.3, 0.4) is 0 Å². The monoisotopic (exact) mass is 464 g/mol. The van der Waals surface area contributed by atoms with Gasteiger partial charge in [-0.1, -0.05) is 24.3 Å². The summed E-state index contributed by atoms with van der Waals surface area (Å²) < 4.78 is 7.89. The Kier molecular flexibility index (Phi) is 6.03. The standard InChI is InChI=1S/C25H32N6O3/c1-16(2)31-15-20-22(24(31)33)27-25(30-11-9-29(10-12-30)17(3)32)28-23(20)26-14-21-19-7-5-4-6-18(19)8-13-34-21/h4-7,15-16,21,33H,8-14H2,1-3H3,(H,26,27,28). The van der Waals surface area contributed by atoms with Crippen molar-refractivity contribution in [2.75, 3.05) is 49.5 Å². The lowest BCUT2D eigenvalue weighted by atomic mass is 9.97. The van der Waals surface area contributed by atoms with Crippen molar-refractivity contribution in [3.8, 4) is 5.88 Å². The van der Waals surface area contributed by atoms with Gasteiger partial charge in [0, 0.05) is 51.9 Å². The van der Waals surface area contributed by atoms with Gasteiger partial charge in [0.1, 0.15) is 11.3 Å². The Balaban J connectivity index is 1.46. The number of aromatic nitrogens is 3. The minimum Gasteiger partial charge on any atom is -0.493 e. The highest BCUT2D eigenvalue weighted by Crippen LogP contribution is 2.35. The number of amides is 1. The van der Waals surface area contributed by atoms with Gasteiger partial charge < -0.3 is 29.5 Å². The van der Waals surface area contributed by atoms with Crippen LogP contribution in [0, 0.1) is 0 Å². The van der Waals surface area contributed by atoms with Crippen molar-refractivity contribution in [3.05, 3.63) is 41.6 Å². The third-order valence-corrected chi connectivity index (χ3v) is 6.77. The first kappa shape index (κ1) is 22.5. The van der Waals surface area contributed by atoms with Crippen molar-refractivity contribution in [3.63, 3.8) is 0 Å². The average Bonchev–Trinajstić information content (AvgIpc) is 3.19. The van der Waals surface area contributed by atoms with E-state index in [9.17, 15) is 9.90 Å². The van der Waals surface area contributed by atoms with E-state index in [2.05, 4.69) is 28.4 Å². The smallest absolute Gasteiger partial charge is 0.228 e. The summed E-state index contributed by atoms with van der Waals surface area (Å²) in [6.07, 6.45) is 2.76. The molecule has 9 heteroatoms. The Labute approximate surface area is 199 Å². The Morgan fingerprint density at radius 2 is 1.97 bits per heavy atom. The molecule has 2 aliphatic rings. The summed E-state index contributed by atoms with van der Waals surface area (Å²) in [5.41, 5.74) is 3.05. The zero-order chi connectivity index (χ0) is 23.8. The van der Waals surface area contributed by atoms with E-state index in [1.165, 1.54) is 11.1 Å². The molecule has 2 aromatic heterocycles. The van der Waals surface area contributed by atoms with Gasteiger partial charge in [-0.05, 0) is 31.4 Å². The zero-order valence-corrected chi connectivity index (χ0v) is 20.0. The van der Waals surface area contributed by atoms with Crippen molar-refractivity contribution in [1.82, 2.24) is 19.4 Å². The van der Waals surface area contributed by atoms with Gasteiger partial charge in [0.2, 0.25) is 17.7 Å². The van der Waals surface area contributed by atoms with Crippen molar-refractivity contribution >= 4 is 28.6 Å². The maximum Gasteiger partial charge on any atom is 0.228 e. The number of benzene rings is 1. The van der Waals surface area contributed by atoms with E-state index in [1.807, 2.05) is 35.6 Å². The summed E-state index contributed by atoms with van der Waals surface area (Å²) in [5.74, 6) is 1.45. The predicted octanol–water partition coefficient (Wildman–Crippen LogP) is 3.11. The molecule has 0 bridgehead atoms. The van der Waals surface area contributed by atoms with E-state index < -0.39 is 0 Å². The lowest BCUT2D eigenvalue weighted by molar-refractivity contribution is -0.129.